The van der Waals surface area contributed by atoms with Gasteiger partial charge < -0.3 is 14.9 Å². The Morgan fingerprint density at radius 1 is 1.41 bits per heavy atom. The van der Waals surface area contributed by atoms with Crippen LogP contribution in [0.2, 0.25) is 0 Å². The van der Waals surface area contributed by atoms with Crippen molar-refractivity contribution in [2.45, 2.75) is 13.3 Å². The molecule has 0 bridgehead atoms. The highest BCUT2D eigenvalue weighted by Gasteiger charge is 2.13. The number of aromatic nitrogens is 1. The molecule has 0 atom stereocenters. The third kappa shape index (κ3) is 4.32. The maximum atomic E-state index is 10.8. The molecule has 0 aromatic carbocycles. The predicted octanol–water partition coefficient (Wildman–Crippen LogP) is 1.62. The molecule has 1 aromatic heterocycles. The lowest BCUT2D eigenvalue weighted by Gasteiger charge is -2.22. The molecule has 0 saturated heterocycles. The van der Waals surface area contributed by atoms with Gasteiger partial charge in [0.1, 0.15) is 0 Å². The maximum Gasteiger partial charge on any atom is 0.355 e. The summed E-state index contributed by atoms with van der Waals surface area (Å²) >= 11 is 1.39. The van der Waals surface area contributed by atoms with Crippen LogP contribution in [0.4, 0.5) is 5.13 Å². The highest BCUT2D eigenvalue weighted by molar-refractivity contribution is 7.13. The van der Waals surface area contributed by atoms with E-state index in [2.05, 4.69) is 21.7 Å². The fraction of sp³-hybridized carbons (Fsp3) is 0.636. The summed E-state index contributed by atoms with van der Waals surface area (Å²) in [7, 11) is 4.04. The molecule has 1 heterocycles. The maximum absolute atomic E-state index is 10.8. The molecular formula is C11H19N3O2S. The number of rotatable bonds is 7. The smallest absolute Gasteiger partial charge is 0.355 e. The first kappa shape index (κ1) is 13.9. The zero-order valence-electron chi connectivity index (χ0n) is 10.5. The van der Waals surface area contributed by atoms with Crippen LogP contribution >= 0.6 is 11.3 Å². The van der Waals surface area contributed by atoms with Crippen molar-refractivity contribution in [1.29, 1.82) is 0 Å². The van der Waals surface area contributed by atoms with Crippen molar-refractivity contribution in [2.75, 3.05) is 38.6 Å². The van der Waals surface area contributed by atoms with Crippen LogP contribution in [0.5, 0.6) is 0 Å². The van der Waals surface area contributed by atoms with E-state index in [1.54, 1.807) is 5.38 Å². The van der Waals surface area contributed by atoms with Crippen LogP contribution in [0.3, 0.4) is 0 Å². The highest BCUT2D eigenvalue weighted by Crippen LogP contribution is 2.20. The Bertz CT molecular complexity index is 365. The topological polar surface area (TPSA) is 56.7 Å². The van der Waals surface area contributed by atoms with E-state index in [4.69, 9.17) is 5.11 Å². The molecule has 0 aliphatic rings. The fourth-order valence-corrected chi connectivity index (χ4v) is 2.25. The van der Waals surface area contributed by atoms with E-state index < -0.39 is 5.97 Å². The Kier molecular flexibility index (Phi) is 5.37. The Labute approximate surface area is 106 Å². The van der Waals surface area contributed by atoms with E-state index in [1.165, 1.54) is 11.3 Å². The zero-order chi connectivity index (χ0) is 12.8. The number of nitrogens with zero attached hydrogens (tertiary/aromatic N) is 3. The summed E-state index contributed by atoms with van der Waals surface area (Å²) < 4.78 is 0. The number of carbonyl (C=O) groups is 1. The summed E-state index contributed by atoms with van der Waals surface area (Å²) in [4.78, 5) is 19.2. The summed E-state index contributed by atoms with van der Waals surface area (Å²) in [5, 5.41) is 11.2. The van der Waals surface area contributed by atoms with Gasteiger partial charge in [-0.3, -0.25) is 0 Å². The highest BCUT2D eigenvalue weighted by atomic mass is 32.1. The Hall–Kier alpha value is -1.14. The zero-order valence-corrected chi connectivity index (χ0v) is 11.3. The average molecular weight is 257 g/mol. The van der Waals surface area contributed by atoms with E-state index in [-0.39, 0.29) is 5.69 Å². The van der Waals surface area contributed by atoms with Crippen LogP contribution < -0.4 is 4.90 Å². The van der Waals surface area contributed by atoms with Crippen molar-refractivity contribution in [3.8, 4) is 0 Å². The summed E-state index contributed by atoms with van der Waals surface area (Å²) in [6.45, 7) is 4.81. The Balaban J connectivity index is 2.70. The number of anilines is 1. The molecule has 0 spiro atoms. The van der Waals surface area contributed by atoms with Gasteiger partial charge in [-0.1, -0.05) is 6.92 Å². The van der Waals surface area contributed by atoms with Crippen molar-refractivity contribution in [3.05, 3.63) is 11.1 Å². The number of hydrogen-bond donors (Lipinski definition) is 1. The first-order valence-electron chi connectivity index (χ1n) is 5.63. The van der Waals surface area contributed by atoms with Crippen LogP contribution in [0, 0.1) is 0 Å². The van der Waals surface area contributed by atoms with Crippen molar-refractivity contribution in [1.82, 2.24) is 9.88 Å². The monoisotopic (exact) mass is 257 g/mol. The minimum absolute atomic E-state index is 0.135. The van der Waals surface area contributed by atoms with E-state index in [0.717, 1.165) is 31.2 Å². The molecule has 0 saturated carbocycles. The van der Waals surface area contributed by atoms with Gasteiger partial charge in [0.15, 0.2) is 10.8 Å². The molecule has 17 heavy (non-hydrogen) atoms. The van der Waals surface area contributed by atoms with Crippen LogP contribution in [0.25, 0.3) is 0 Å². The molecular weight excluding hydrogens is 238 g/mol. The molecule has 0 unspecified atom stereocenters. The second-order valence-electron chi connectivity index (χ2n) is 4.11. The lowest BCUT2D eigenvalue weighted by molar-refractivity contribution is 0.0691. The third-order valence-electron chi connectivity index (χ3n) is 2.29. The second-order valence-corrected chi connectivity index (χ2v) is 4.95. The molecule has 0 radical (unpaired) electrons. The molecule has 1 N–H and O–H groups in total. The first-order valence-corrected chi connectivity index (χ1v) is 6.51. The molecule has 0 amide bonds. The Morgan fingerprint density at radius 2 is 2.12 bits per heavy atom. The molecule has 1 aromatic rings. The summed E-state index contributed by atoms with van der Waals surface area (Å²) in [6, 6.07) is 0. The van der Waals surface area contributed by atoms with Crippen molar-refractivity contribution < 1.29 is 9.90 Å². The largest absolute Gasteiger partial charge is 0.476 e. The standard InChI is InChI=1S/C11H19N3O2S/c1-4-5-14(7-6-13(2)3)11-12-9(8-17-11)10(15)16/h8H,4-7H2,1-3H3,(H,15,16). The van der Waals surface area contributed by atoms with E-state index >= 15 is 0 Å². The van der Waals surface area contributed by atoms with Gasteiger partial charge in [0.2, 0.25) is 0 Å². The molecule has 1 rings (SSSR count). The first-order chi connectivity index (χ1) is 8.04. The van der Waals surface area contributed by atoms with Crippen molar-refractivity contribution in [3.63, 3.8) is 0 Å². The van der Waals surface area contributed by atoms with Gasteiger partial charge in [-0.05, 0) is 20.5 Å². The van der Waals surface area contributed by atoms with E-state index in [1.807, 2.05) is 14.1 Å². The number of hydrogen-bond acceptors (Lipinski definition) is 5. The predicted molar refractivity (Wildman–Crippen MR) is 70.1 cm³/mol. The van der Waals surface area contributed by atoms with Crippen molar-refractivity contribution in [2.24, 2.45) is 0 Å². The van der Waals surface area contributed by atoms with Crippen LogP contribution in [-0.2, 0) is 0 Å². The SMILES string of the molecule is CCCN(CCN(C)C)c1nc(C(=O)O)cs1. The lowest BCUT2D eigenvalue weighted by Crippen LogP contribution is -2.32. The van der Waals surface area contributed by atoms with Crippen LogP contribution in [0.15, 0.2) is 5.38 Å². The number of carboxylic acids is 1. The van der Waals surface area contributed by atoms with Gasteiger partial charge in [0.25, 0.3) is 0 Å². The quantitative estimate of drug-likeness (QED) is 0.804. The van der Waals surface area contributed by atoms with Gasteiger partial charge >= 0.3 is 5.97 Å². The number of aromatic carboxylic acids is 1. The molecule has 5 nitrogen and oxygen atoms in total. The summed E-state index contributed by atoms with van der Waals surface area (Å²) in [6.07, 6.45) is 1.02. The van der Waals surface area contributed by atoms with Gasteiger partial charge in [-0.25, -0.2) is 9.78 Å². The number of likely N-dealkylation sites (N-methyl/N-ethyl adjacent to an activating group) is 1. The van der Waals surface area contributed by atoms with Crippen LogP contribution in [0.1, 0.15) is 23.8 Å². The van der Waals surface area contributed by atoms with Crippen molar-refractivity contribution >= 4 is 22.4 Å². The summed E-state index contributed by atoms with van der Waals surface area (Å²) in [5.74, 6) is -0.962. The molecule has 0 aliphatic carbocycles. The lowest BCUT2D eigenvalue weighted by atomic mass is 10.4. The number of carboxylic acid groups (broad SMARTS) is 1. The van der Waals surface area contributed by atoms with Gasteiger partial charge in [-0.2, -0.15) is 0 Å². The molecule has 96 valence electrons. The molecule has 0 fully saturated rings. The second kappa shape index (κ2) is 6.56. The average Bonchev–Trinajstić information content (AvgIpc) is 2.73. The fourth-order valence-electron chi connectivity index (χ4n) is 1.40. The normalized spacial score (nSPS) is 10.8. The van der Waals surface area contributed by atoms with Crippen LogP contribution in [-0.4, -0.2) is 54.7 Å². The van der Waals surface area contributed by atoms with Gasteiger partial charge in [-0.15, -0.1) is 11.3 Å². The third-order valence-corrected chi connectivity index (χ3v) is 3.19. The Morgan fingerprint density at radius 3 is 2.59 bits per heavy atom. The van der Waals surface area contributed by atoms with Gasteiger partial charge in [0, 0.05) is 25.0 Å². The number of thiazole rings is 1. The van der Waals surface area contributed by atoms with Gasteiger partial charge in [0.05, 0.1) is 0 Å². The van der Waals surface area contributed by atoms with E-state index in [9.17, 15) is 4.79 Å². The minimum Gasteiger partial charge on any atom is -0.476 e. The molecule has 6 heteroatoms. The molecule has 0 aliphatic heterocycles. The minimum atomic E-state index is -0.962. The summed E-state index contributed by atoms with van der Waals surface area (Å²) in [5.41, 5.74) is 0.135. The van der Waals surface area contributed by atoms with E-state index in [0.29, 0.717) is 0 Å².